The summed E-state index contributed by atoms with van der Waals surface area (Å²) in [6.45, 7) is 4.30. The summed E-state index contributed by atoms with van der Waals surface area (Å²) in [4.78, 5) is 10.7. The van der Waals surface area contributed by atoms with E-state index in [1.807, 2.05) is 0 Å². The van der Waals surface area contributed by atoms with Crippen LogP contribution < -0.4 is 16.5 Å². The first-order valence-electron chi connectivity index (χ1n) is 7.91. The normalized spacial score (nSPS) is 16.1. The Balaban J connectivity index is 1.63. The third-order valence-corrected chi connectivity index (χ3v) is 4.02. The molecule has 128 valence electrons. The number of rotatable bonds is 5. The molecule has 0 aliphatic carbocycles. The number of nitrogens with two attached hydrogens (primary N) is 1. The third kappa shape index (κ3) is 4.09. The van der Waals surface area contributed by atoms with Crippen LogP contribution in [0.5, 0.6) is 0 Å². The minimum absolute atomic E-state index is 0.251. The van der Waals surface area contributed by atoms with E-state index < -0.39 is 0 Å². The van der Waals surface area contributed by atoms with E-state index >= 15 is 0 Å². The predicted octanol–water partition coefficient (Wildman–Crippen LogP) is 1.38. The number of nitrogens with zero attached hydrogens (tertiary/aromatic N) is 4. The van der Waals surface area contributed by atoms with E-state index in [4.69, 9.17) is 5.73 Å². The van der Waals surface area contributed by atoms with Gasteiger partial charge in [0.05, 0.1) is 0 Å². The Morgan fingerprint density at radius 1 is 1.08 bits per heavy atom. The van der Waals surface area contributed by atoms with Crippen LogP contribution in [0.15, 0.2) is 30.6 Å². The van der Waals surface area contributed by atoms with E-state index in [2.05, 4.69) is 37.7 Å². The second-order valence-electron chi connectivity index (χ2n) is 5.87. The maximum Gasteiger partial charge on any atom is 0.169 e. The average molecular weight is 331 g/mol. The van der Waals surface area contributed by atoms with E-state index in [-0.39, 0.29) is 5.82 Å². The van der Waals surface area contributed by atoms with E-state index in [1.54, 1.807) is 12.1 Å². The fourth-order valence-electron chi connectivity index (χ4n) is 2.48. The third-order valence-electron chi connectivity index (χ3n) is 4.02. The fraction of sp³-hybridized carbons (Fsp3) is 0.375. The Bertz CT molecular complexity index is 669. The lowest BCUT2D eigenvalue weighted by atomic mass is 10.2. The van der Waals surface area contributed by atoms with Crippen LogP contribution in [0.1, 0.15) is 5.56 Å². The standard InChI is InChI=1S/C16H22FN7/c1-23-6-8-24(9-7-23)22-16-14(18)15(20-11-21-16)19-10-12-2-4-13(17)5-3-12/h2-5,11H,6-10,18H2,1H3,(H2,19,20,21,22). The topological polar surface area (TPSA) is 82.3 Å². The Labute approximate surface area is 140 Å². The highest BCUT2D eigenvalue weighted by molar-refractivity contribution is 5.73. The Hall–Kier alpha value is -2.45. The van der Waals surface area contributed by atoms with Crippen LogP contribution in [0, 0.1) is 5.82 Å². The second-order valence-corrected chi connectivity index (χ2v) is 5.87. The van der Waals surface area contributed by atoms with Gasteiger partial charge in [-0.3, -0.25) is 0 Å². The lowest BCUT2D eigenvalue weighted by molar-refractivity contribution is 0.178. The van der Waals surface area contributed by atoms with Crippen LogP contribution >= 0.6 is 0 Å². The number of piperazine rings is 1. The molecule has 0 saturated carbocycles. The van der Waals surface area contributed by atoms with Crippen molar-refractivity contribution in [3.8, 4) is 0 Å². The summed E-state index contributed by atoms with van der Waals surface area (Å²) in [7, 11) is 2.11. The molecule has 7 nitrogen and oxygen atoms in total. The van der Waals surface area contributed by atoms with Crippen LogP contribution in [-0.2, 0) is 6.54 Å². The van der Waals surface area contributed by atoms with Crippen molar-refractivity contribution >= 4 is 17.3 Å². The van der Waals surface area contributed by atoms with Gasteiger partial charge in [-0.05, 0) is 24.7 Å². The molecule has 1 aromatic heterocycles. The monoisotopic (exact) mass is 331 g/mol. The highest BCUT2D eigenvalue weighted by atomic mass is 19.1. The largest absolute Gasteiger partial charge is 0.393 e. The Morgan fingerprint density at radius 3 is 2.46 bits per heavy atom. The SMILES string of the molecule is CN1CCN(Nc2ncnc(NCc3ccc(F)cc3)c2N)CC1. The van der Waals surface area contributed by atoms with Gasteiger partial charge in [0.15, 0.2) is 11.6 Å². The summed E-state index contributed by atoms with van der Waals surface area (Å²) < 4.78 is 12.9. The number of hydrogen-bond donors (Lipinski definition) is 3. The molecular formula is C16H22FN7. The molecule has 8 heteroatoms. The van der Waals surface area contributed by atoms with Gasteiger partial charge in [0.25, 0.3) is 0 Å². The van der Waals surface area contributed by atoms with Crippen LogP contribution in [-0.4, -0.2) is 53.1 Å². The van der Waals surface area contributed by atoms with Crippen molar-refractivity contribution in [3.05, 3.63) is 42.0 Å². The zero-order valence-electron chi connectivity index (χ0n) is 13.7. The highest BCUT2D eigenvalue weighted by Gasteiger charge is 2.16. The van der Waals surface area contributed by atoms with Gasteiger partial charge in [-0.1, -0.05) is 12.1 Å². The number of hydrazine groups is 1. The first kappa shape index (κ1) is 16.4. The van der Waals surface area contributed by atoms with Crippen molar-refractivity contribution in [2.75, 3.05) is 49.7 Å². The molecule has 0 unspecified atom stereocenters. The van der Waals surface area contributed by atoms with E-state index in [0.717, 1.165) is 31.7 Å². The first-order valence-corrected chi connectivity index (χ1v) is 7.91. The second kappa shape index (κ2) is 7.41. The molecule has 0 amide bonds. The first-order chi connectivity index (χ1) is 11.6. The average Bonchev–Trinajstić information content (AvgIpc) is 2.59. The van der Waals surface area contributed by atoms with E-state index in [1.165, 1.54) is 18.5 Å². The fourth-order valence-corrected chi connectivity index (χ4v) is 2.48. The summed E-state index contributed by atoms with van der Waals surface area (Å²) in [6, 6.07) is 6.31. The minimum Gasteiger partial charge on any atom is -0.393 e. The number of nitrogens with one attached hydrogen (secondary N) is 2. The lowest BCUT2D eigenvalue weighted by Gasteiger charge is -2.32. The van der Waals surface area contributed by atoms with Crippen molar-refractivity contribution in [2.24, 2.45) is 0 Å². The van der Waals surface area contributed by atoms with Crippen molar-refractivity contribution in [1.29, 1.82) is 0 Å². The molecule has 4 N–H and O–H groups in total. The van der Waals surface area contributed by atoms with Gasteiger partial charge < -0.3 is 21.4 Å². The zero-order valence-corrected chi connectivity index (χ0v) is 13.7. The zero-order chi connectivity index (χ0) is 16.9. The number of nitrogen functional groups attached to an aromatic ring is 1. The minimum atomic E-state index is -0.251. The molecule has 3 rings (SSSR count). The number of benzene rings is 1. The molecule has 1 fully saturated rings. The summed E-state index contributed by atoms with van der Waals surface area (Å²) in [5, 5.41) is 5.27. The van der Waals surface area contributed by atoms with Gasteiger partial charge >= 0.3 is 0 Å². The molecule has 0 spiro atoms. The Kier molecular flexibility index (Phi) is 5.07. The summed E-state index contributed by atoms with van der Waals surface area (Å²) >= 11 is 0. The molecule has 1 aromatic carbocycles. The molecule has 2 aromatic rings. The quantitative estimate of drug-likeness (QED) is 0.763. The maximum absolute atomic E-state index is 12.9. The van der Waals surface area contributed by atoms with Crippen molar-refractivity contribution in [1.82, 2.24) is 19.9 Å². The van der Waals surface area contributed by atoms with Crippen LogP contribution in [0.3, 0.4) is 0 Å². The molecule has 24 heavy (non-hydrogen) atoms. The van der Waals surface area contributed by atoms with Crippen LogP contribution in [0.25, 0.3) is 0 Å². The maximum atomic E-state index is 12.9. The van der Waals surface area contributed by atoms with Gasteiger partial charge in [0.2, 0.25) is 0 Å². The Morgan fingerprint density at radius 2 is 1.75 bits per heavy atom. The molecule has 1 saturated heterocycles. The number of hydrogen-bond acceptors (Lipinski definition) is 7. The van der Waals surface area contributed by atoms with Gasteiger partial charge in [0, 0.05) is 32.7 Å². The van der Waals surface area contributed by atoms with Crippen LogP contribution in [0.4, 0.5) is 21.7 Å². The lowest BCUT2D eigenvalue weighted by Crippen LogP contribution is -2.47. The summed E-state index contributed by atoms with van der Waals surface area (Å²) in [5.74, 6) is 0.904. The van der Waals surface area contributed by atoms with Crippen molar-refractivity contribution in [3.63, 3.8) is 0 Å². The number of halogens is 1. The number of aromatic nitrogens is 2. The molecule has 0 radical (unpaired) electrons. The number of anilines is 3. The molecule has 0 atom stereocenters. The van der Waals surface area contributed by atoms with Gasteiger partial charge in [-0.25, -0.2) is 19.4 Å². The summed E-state index contributed by atoms with van der Waals surface area (Å²) in [6.07, 6.45) is 1.47. The molecule has 1 aliphatic rings. The van der Waals surface area contributed by atoms with E-state index in [0.29, 0.717) is 23.9 Å². The van der Waals surface area contributed by atoms with Gasteiger partial charge in [-0.2, -0.15) is 0 Å². The molecular weight excluding hydrogens is 309 g/mol. The highest BCUT2D eigenvalue weighted by Crippen LogP contribution is 2.23. The van der Waals surface area contributed by atoms with Crippen molar-refractivity contribution in [2.45, 2.75) is 6.54 Å². The van der Waals surface area contributed by atoms with Gasteiger partial charge in [0.1, 0.15) is 17.8 Å². The smallest absolute Gasteiger partial charge is 0.169 e. The van der Waals surface area contributed by atoms with Crippen molar-refractivity contribution < 1.29 is 4.39 Å². The van der Waals surface area contributed by atoms with Gasteiger partial charge in [-0.15, -0.1) is 0 Å². The van der Waals surface area contributed by atoms with Crippen LogP contribution in [0.2, 0.25) is 0 Å². The number of likely N-dealkylation sites (N-methyl/N-ethyl adjacent to an activating group) is 1. The molecule has 2 heterocycles. The van der Waals surface area contributed by atoms with E-state index in [9.17, 15) is 4.39 Å². The molecule has 0 bridgehead atoms. The summed E-state index contributed by atoms with van der Waals surface area (Å²) in [5.41, 5.74) is 10.8. The molecule has 1 aliphatic heterocycles. The predicted molar refractivity (Wildman–Crippen MR) is 92.9 cm³/mol.